The molecule has 0 N–H and O–H groups in total. The predicted octanol–water partition coefficient (Wildman–Crippen LogP) is 7.46. The highest BCUT2D eigenvalue weighted by Gasteiger charge is 2.42. The van der Waals surface area contributed by atoms with Crippen LogP contribution in [0.15, 0.2) is 36.4 Å². The van der Waals surface area contributed by atoms with Crippen LogP contribution >= 0.6 is 22.6 Å². The molecule has 0 aromatic heterocycles. The van der Waals surface area contributed by atoms with Crippen LogP contribution in [0.25, 0.3) is 11.1 Å². The third kappa shape index (κ3) is 5.97. The van der Waals surface area contributed by atoms with Gasteiger partial charge in [0.25, 0.3) is 0 Å². The average Bonchev–Trinajstić information content (AvgIpc) is 3.54. The molecule has 3 nitrogen and oxygen atoms in total. The van der Waals surface area contributed by atoms with E-state index in [9.17, 15) is 18.0 Å². The van der Waals surface area contributed by atoms with E-state index in [-0.39, 0.29) is 33.8 Å². The molecule has 0 radical (unpaired) electrons. The summed E-state index contributed by atoms with van der Waals surface area (Å²) >= 11 is 1.73. The van der Waals surface area contributed by atoms with E-state index in [1.165, 1.54) is 6.07 Å². The molecule has 0 bridgehead atoms. The van der Waals surface area contributed by atoms with E-state index in [1.807, 2.05) is 44.2 Å². The Bertz CT molecular complexity index is 938. The van der Waals surface area contributed by atoms with Crippen LogP contribution in [-0.4, -0.2) is 19.2 Å². The topological polar surface area (TPSA) is 35.5 Å². The Morgan fingerprint density at radius 2 is 1.84 bits per heavy atom. The molecule has 0 saturated heterocycles. The zero-order valence-corrected chi connectivity index (χ0v) is 20.6. The molecular formula is C25H28F3IO3. The molecule has 2 aromatic carbocycles. The van der Waals surface area contributed by atoms with Gasteiger partial charge in [0.2, 0.25) is 0 Å². The summed E-state index contributed by atoms with van der Waals surface area (Å²) in [5, 5.41) is 0. The second-order valence-corrected chi connectivity index (χ2v) is 9.66. The first-order valence-electron chi connectivity index (χ1n) is 10.9. The van der Waals surface area contributed by atoms with Crippen LogP contribution in [-0.2, 0) is 15.7 Å². The SMILES string of the molecule is CCOC(=O)C(CC(C)C)c1cc(-c2ccccc2)c(OCC2CC2)c(I)c1C(F)(F)F. The maximum Gasteiger partial charge on any atom is 0.417 e. The summed E-state index contributed by atoms with van der Waals surface area (Å²) < 4.78 is 54.3. The zero-order valence-electron chi connectivity index (χ0n) is 18.5. The van der Waals surface area contributed by atoms with Gasteiger partial charge >= 0.3 is 12.1 Å². The molecule has 1 aliphatic rings. The number of esters is 1. The van der Waals surface area contributed by atoms with Crippen LogP contribution in [0.4, 0.5) is 13.2 Å². The molecule has 7 heteroatoms. The van der Waals surface area contributed by atoms with Gasteiger partial charge in [-0.3, -0.25) is 4.79 Å². The Labute approximate surface area is 200 Å². The summed E-state index contributed by atoms with van der Waals surface area (Å²) in [6.45, 7) is 5.92. The third-order valence-corrected chi connectivity index (χ3v) is 6.46. The minimum atomic E-state index is -4.64. The maximum atomic E-state index is 14.4. The van der Waals surface area contributed by atoms with E-state index in [0.717, 1.165) is 18.4 Å². The molecule has 1 fully saturated rings. The van der Waals surface area contributed by atoms with Crippen molar-refractivity contribution in [3.05, 3.63) is 51.1 Å². The fourth-order valence-electron chi connectivity index (χ4n) is 3.74. The van der Waals surface area contributed by atoms with Crippen molar-refractivity contribution in [3.63, 3.8) is 0 Å². The largest absolute Gasteiger partial charge is 0.492 e. The molecule has 174 valence electrons. The van der Waals surface area contributed by atoms with Crippen LogP contribution in [0, 0.1) is 15.4 Å². The summed E-state index contributed by atoms with van der Waals surface area (Å²) in [6, 6.07) is 10.7. The molecule has 1 atom stereocenters. The van der Waals surface area contributed by atoms with Crippen molar-refractivity contribution in [2.75, 3.05) is 13.2 Å². The number of hydrogen-bond donors (Lipinski definition) is 0. The number of hydrogen-bond acceptors (Lipinski definition) is 3. The third-order valence-electron chi connectivity index (χ3n) is 5.43. The van der Waals surface area contributed by atoms with Gasteiger partial charge in [-0.15, -0.1) is 0 Å². The van der Waals surface area contributed by atoms with E-state index >= 15 is 0 Å². The molecular weight excluding hydrogens is 532 g/mol. The fraction of sp³-hybridized carbons (Fsp3) is 0.480. The number of carbonyl (C=O) groups excluding carboxylic acids is 1. The van der Waals surface area contributed by atoms with Crippen molar-refractivity contribution >= 4 is 28.6 Å². The average molecular weight is 560 g/mol. The Morgan fingerprint density at radius 3 is 2.38 bits per heavy atom. The maximum absolute atomic E-state index is 14.4. The molecule has 1 saturated carbocycles. The van der Waals surface area contributed by atoms with E-state index in [1.54, 1.807) is 29.5 Å². The van der Waals surface area contributed by atoms with E-state index in [2.05, 4.69) is 0 Å². The summed E-state index contributed by atoms with van der Waals surface area (Å²) in [5.41, 5.74) is 0.462. The van der Waals surface area contributed by atoms with Gasteiger partial charge in [-0.25, -0.2) is 0 Å². The number of carbonyl (C=O) groups is 1. The fourth-order valence-corrected chi connectivity index (χ4v) is 4.80. The first-order valence-corrected chi connectivity index (χ1v) is 12.0. The molecule has 0 aliphatic heterocycles. The molecule has 0 amide bonds. The summed E-state index contributed by atoms with van der Waals surface area (Å²) in [7, 11) is 0. The Kier molecular flexibility index (Phi) is 8.11. The van der Waals surface area contributed by atoms with Crippen LogP contribution < -0.4 is 4.74 Å². The van der Waals surface area contributed by atoms with Crippen molar-refractivity contribution in [1.29, 1.82) is 0 Å². The Balaban J connectivity index is 2.26. The minimum absolute atomic E-state index is 0.00844. The number of benzene rings is 2. The van der Waals surface area contributed by atoms with E-state index in [0.29, 0.717) is 18.1 Å². The van der Waals surface area contributed by atoms with Crippen LogP contribution in [0.3, 0.4) is 0 Å². The van der Waals surface area contributed by atoms with Crippen LogP contribution in [0.2, 0.25) is 0 Å². The number of alkyl halides is 3. The smallest absolute Gasteiger partial charge is 0.417 e. The van der Waals surface area contributed by atoms with Gasteiger partial charge in [-0.1, -0.05) is 44.2 Å². The predicted molar refractivity (Wildman–Crippen MR) is 127 cm³/mol. The van der Waals surface area contributed by atoms with Crippen LogP contribution in [0.5, 0.6) is 5.75 Å². The van der Waals surface area contributed by atoms with Crippen molar-refractivity contribution in [3.8, 4) is 16.9 Å². The van der Waals surface area contributed by atoms with Gasteiger partial charge in [0.1, 0.15) is 5.75 Å². The van der Waals surface area contributed by atoms with Crippen molar-refractivity contribution < 1.29 is 27.4 Å². The van der Waals surface area contributed by atoms with Gasteiger partial charge in [0.15, 0.2) is 0 Å². The first-order chi connectivity index (χ1) is 15.1. The lowest BCUT2D eigenvalue weighted by atomic mass is 9.85. The summed E-state index contributed by atoms with van der Waals surface area (Å²) in [6.07, 6.45) is -2.32. The second-order valence-electron chi connectivity index (χ2n) is 8.58. The number of ether oxygens (including phenoxy) is 2. The highest BCUT2D eigenvalue weighted by molar-refractivity contribution is 14.1. The van der Waals surface area contributed by atoms with E-state index < -0.39 is 23.6 Å². The summed E-state index contributed by atoms with van der Waals surface area (Å²) in [4.78, 5) is 12.8. The minimum Gasteiger partial charge on any atom is -0.492 e. The highest BCUT2D eigenvalue weighted by Crippen LogP contribution is 2.48. The lowest BCUT2D eigenvalue weighted by Gasteiger charge is -2.26. The second kappa shape index (κ2) is 10.4. The van der Waals surface area contributed by atoms with Gasteiger partial charge in [-0.05, 0) is 77.8 Å². The standard InChI is InChI=1S/C25H28F3IO3/c1-4-31-24(30)20(12-15(2)3)19-13-18(17-8-6-5-7-9-17)23(32-14-16-10-11-16)22(29)21(19)25(26,27)28/h5-9,13,15-16,20H,4,10-12,14H2,1-3H3. The zero-order chi connectivity index (χ0) is 23.5. The monoisotopic (exact) mass is 560 g/mol. The Hall–Kier alpha value is -1.77. The Morgan fingerprint density at radius 1 is 1.19 bits per heavy atom. The molecule has 1 aliphatic carbocycles. The van der Waals surface area contributed by atoms with Gasteiger partial charge in [0.05, 0.1) is 28.3 Å². The molecule has 3 rings (SSSR count). The van der Waals surface area contributed by atoms with E-state index in [4.69, 9.17) is 9.47 Å². The van der Waals surface area contributed by atoms with Crippen molar-refractivity contribution in [2.24, 2.45) is 11.8 Å². The van der Waals surface area contributed by atoms with Gasteiger partial charge in [-0.2, -0.15) is 13.2 Å². The summed E-state index contributed by atoms with van der Waals surface area (Å²) in [5.74, 6) is -1.02. The first kappa shape index (κ1) is 24.9. The number of halogens is 4. The highest BCUT2D eigenvalue weighted by atomic mass is 127. The quantitative estimate of drug-likeness (QED) is 0.236. The molecule has 0 spiro atoms. The molecule has 0 heterocycles. The van der Waals surface area contributed by atoms with Gasteiger partial charge in [0, 0.05) is 5.56 Å². The van der Waals surface area contributed by atoms with Crippen LogP contribution in [0.1, 0.15) is 57.1 Å². The van der Waals surface area contributed by atoms with Gasteiger partial charge < -0.3 is 9.47 Å². The molecule has 32 heavy (non-hydrogen) atoms. The van der Waals surface area contributed by atoms with Crippen molar-refractivity contribution in [1.82, 2.24) is 0 Å². The molecule has 1 unspecified atom stereocenters. The number of rotatable bonds is 9. The molecule has 2 aromatic rings. The lowest BCUT2D eigenvalue weighted by Crippen LogP contribution is -2.23. The van der Waals surface area contributed by atoms with Crippen molar-refractivity contribution in [2.45, 2.75) is 52.1 Å². The lowest BCUT2D eigenvalue weighted by molar-refractivity contribution is -0.146. The normalized spacial score (nSPS) is 15.0.